The number of anilines is 1. The van der Waals surface area contributed by atoms with Crippen LogP contribution >= 0.6 is 0 Å². The van der Waals surface area contributed by atoms with E-state index in [9.17, 15) is 9.59 Å². The summed E-state index contributed by atoms with van der Waals surface area (Å²) in [6, 6.07) is 12.8. The summed E-state index contributed by atoms with van der Waals surface area (Å²) in [5, 5.41) is 0.572. The van der Waals surface area contributed by atoms with Gasteiger partial charge in [0, 0.05) is 50.9 Å². The topological polar surface area (TPSA) is 105 Å². The number of carbonyl (C=O) groups excluding carboxylic acids is 1. The average Bonchev–Trinajstić information content (AvgIpc) is 3.32. The Labute approximate surface area is 195 Å². The molecule has 1 N–H and O–H groups in total. The molecule has 174 valence electrons. The van der Waals surface area contributed by atoms with Crippen LogP contribution in [0.2, 0.25) is 0 Å². The third kappa shape index (κ3) is 3.81. The number of carbonyl (C=O) groups is 1. The number of H-pyrrole nitrogens is 1. The van der Waals surface area contributed by atoms with Crippen molar-refractivity contribution in [2.24, 2.45) is 0 Å². The first-order chi connectivity index (χ1) is 16.7. The minimum Gasteiger partial charge on any atom is -0.440 e. The van der Waals surface area contributed by atoms with Crippen LogP contribution in [-0.4, -0.2) is 65.2 Å². The zero-order chi connectivity index (χ0) is 23.1. The van der Waals surface area contributed by atoms with E-state index in [1.165, 1.54) is 0 Å². The molecule has 2 aromatic carbocycles. The van der Waals surface area contributed by atoms with Crippen LogP contribution in [0.1, 0.15) is 35.0 Å². The summed E-state index contributed by atoms with van der Waals surface area (Å²) in [6.07, 6.45) is 1.81. The van der Waals surface area contributed by atoms with Crippen molar-refractivity contribution in [2.75, 3.05) is 44.3 Å². The molecule has 9 heteroatoms. The van der Waals surface area contributed by atoms with Crippen molar-refractivity contribution in [1.29, 1.82) is 0 Å². The maximum atomic E-state index is 13.2. The molecular weight excluding hydrogens is 434 g/mol. The highest BCUT2D eigenvalue weighted by atomic mass is 16.5. The van der Waals surface area contributed by atoms with Crippen LogP contribution in [0.5, 0.6) is 0 Å². The third-order valence-corrected chi connectivity index (χ3v) is 6.69. The minimum atomic E-state index is -0.153. The van der Waals surface area contributed by atoms with Crippen LogP contribution < -0.4 is 10.5 Å². The molecule has 0 unspecified atom stereocenters. The summed E-state index contributed by atoms with van der Waals surface area (Å²) in [5.41, 5.74) is 2.52. The molecule has 0 bridgehead atoms. The molecule has 0 radical (unpaired) electrons. The molecular formula is C25H25N5O4. The fraction of sp³-hybridized carbons (Fsp3) is 0.360. The number of oxazole rings is 1. The number of nitrogens with zero attached hydrogens (tertiary/aromatic N) is 4. The molecule has 2 fully saturated rings. The van der Waals surface area contributed by atoms with Crippen LogP contribution in [0.25, 0.3) is 22.0 Å². The molecule has 9 nitrogen and oxygen atoms in total. The summed E-state index contributed by atoms with van der Waals surface area (Å²) in [6.45, 7) is 3.70. The number of hydrogen-bond acceptors (Lipinski definition) is 7. The Kier molecular flexibility index (Phi) is 5.26. The van der Waals surface area contributed by atoms with Crippen molar-refractivity contribution in [3.8, 4) is 0 Å². The second kappa shape index (κ2) is 8.57. The first-order valence-corrected chi connectivity index (χ1v) is 11.7. The largest absolute Gasteiger partial charge is 0.440 e. The predicted molar refractivity (Wildman–Crippen MR) is 127 cm³/mol. The van der Waals surface area contributed by atoms with E-state index >= 15 is 0 Å². The molecule has 34 heavy (non-hydrogen) atoms. The number of ether oxygens (including phenoxy) is 1. The lowest BCUT2D eigenvalue weighted by Crippen LogP contribution is -2.49. The van der Waals surface area contributed by atoms with Crippen molar-refractivity contribution in [3.63, 3.8) is 0 Å². The molecule has 0 atom stereocenters. The highest BCUT2D eigenvalue weighted by molar-refractivity contribution is 5.97. The van der Waals surface area contributed by atoms with Crippen LogP contribution in [0.3, 0.4) is 0 Å². The lowest BCUT2D eigenvalue weighted by molar-refractivity contribution is 0.0746. The Balaban J connectivity index is 1.16. The lowest BCUT2D eigenvalue weighted by atomic mass is 10.0. The Bertz CT molecular complexity index is 1410. The Morgan fingerprint density at radius 3 is 2.59 bits per heavy atom. The SMILES string of the molecule is O=C(c1ccc2nc(C3CCOCC3)oc2c1)N1CCN(c2nc3ccccc3c(=O)[nH]2)CC1. The number of benzene rings is 2. The molecule has 4 heterocycles. The Morgan fingerprint density at radius 1 is 0.971 bits per heavy atom. The summed E-state index contributed by atoms with van der Waals surface area (Å²) < 4.78 is 11.4. The monoisotopic (exact) mass is 459 g/mol. The van der Waals surface area contributed by atoms with E-state index in [-0.39, 0.29) is 17.4 Å². The van der Waals surface area contributed by atoms with E-state index in [1.54, 1.807) is 12.1 Å². The van der Waals surface area contributed by atoms with Crippen molar-refractivity contribution >= 4 is 33.9 Å². The highest BCUT2D eigenvalue weighted by Gasteiger charge is 2.25. The number of rotatable bonds is 3. The zero-order valence-electron chi connectivity index (χ0n) is 18.7. The number of nitrogens with one attached hydrogen (secondary N) is 1. The van der Waals surface area contributed by atoms with Gasteiger partial charge in [-0.2, -0.15) is 0 Å². The van der Waals surface area contributed by atoms with Gasteiger partial charge < -0.3 is 19.0 Å². The molecule has 0 saturated carbocycles. The van der Waals surface area contributed by atoms with Gasteiger partial charge in [-0.15, -0.1) is 0 Å². The number of amides is 1. The number of aromatic amines is 1. The molecule has 4 aromatic rings. The van der Waals surface area contributed by atoms with Gasteiger partial charge in [-0.05, 0) is 43.2 Å². The van der Waals surface area contributed by atoms with Gasteiger partial charge in [0.25, 0.3) is 11.5 Å². The van der Waals surface area contributed by atoms with E-state index in [2.05, 4.69) is 15.0 Å². The smallest absolute Gasteiger partial charge is 0.260 e. The van der Waals surface area contributed by atoms with Gasteiger partial charge in [0.2, 0.25) is 5.95 Å². The molecule has 0 spiro atoms. The van der Waals surface area contributed by atoms with Crippen LogP contribution in [-0.2, 0) is 4.74 Å². The first kappa shape index (κ1) is 20.9. The average molecular weight is 460 g/mol. The fourth-order valence-electron chi connectivity index (χ4n) is 4.72. The number of para-hydroxylation sites is 1. The summed E-state index contributed by atoms with van der Waals surface area (Å²) in [4.78, 5) is 41.5. The molecule has 2 aliphatic rings. The fourth-order valence-corrected chi connectivity index (χ4v) is 4.72. The Hall–Kier alpha value is -3.72. The maximum absolute atomic E-state index is 13.2. The second-order valence-corrected chi connectivity index (χ2v) is 8.81. The van der Waals surface area contributed by atoms with Crippen molar-refractivity contribution in [2.45, 2.75) is 18.8 Å². The zero-order valence-corrected chi connectivity index (χ0v) is 18.7. The van der Waals surface area contributed by atoms with Crippen LogP contribution in [0.4, 0.5) is 5.95 Å². The highest BCUT2D eigenvalue weighted by Crippen LogP contribution is 2.29. The van der Waals surface area contributed by atoms with Gasteiger partial charge in [0.05, 0.1) is 10.9 Å². The van der Waals surface area contributed by atoms with Gasteiger partial charge in [0.15, 0.2) is 11.5 Å². The number of aromatic nitrogens is 3. The molecule has 2 aromatic heterocycles. The number of piperazine rings is 1. The van der Waals surface area contributed by atoms with E-state index in [0.717, 1.165) is 37.5 Å². The van der Waals surface area contributed by atoms with Gasteiger partial charge in [-0.1, -0.05) is 12.1 Å². The van der Waals surface area contributed by atoms with E-state index in [1.807, 2.05) is 40.1 Å². The molecule has 2 aliphatic heterocycles. The van der Waals surface area contributed by atoms with Crippen molar-refractivity contribution in [1.82, 2.24) is 19.9 Å². The number of fused-ring (bicyclic) bond motifs is 2. The Morgan fingerprint density at radius 2 is 1.76 bits per heavy atom. The quantitative estimate of drug-likeness (QED) is 0.502. The second-order valence-electron chi connectivity index (χ2n) is 8.81. The van der Waals surface area contributed by atoms with E-state index in [0.29, 0.717) is 54.2 Å². The van der Waals surface area contributed by atoms with Gasteiger partial charge in [-0.3, -0.25) is 14.6 Å². The van der Waals surface area contributed by atoms with Gasteiger partial charge >= 0.3 is 0 Å². The van der Waals surface area contributed by atoms with Gasteiger partial charge in [-0.25, -0.2) is 9.97 Å². The third-order valence-electron chi connectivity index (χ3n) is 6.69. The van der Waals surface area contributed by atoms with E-state index in [4.69, 9.17) is 9.15 Å². The first-order valence-electron chi connectivity index (χ1n) is 11.7. The minimum absolute atomic E-state index is 0.0365. The summed E-state index contributed by atoms with van der Waals surface area (Å²) in [5.74, 6) is 1.50. The van der Waals surface area contributed by atoms with Crippen LogP contribution in [0.15, 0.2) is 51.7 Å². The molecule has 6 rings (SSSR count). The lowest BCUT2D eigenvalue weighted by Gasteiger charge is -2.35. The number of hydrogen-bond donors (Lipinski definition) is 1. The molecule has 0 aliphatic carbocycles. The van der Waals surface area contributed by atoms with Gasteiger partial charge in [0.1, 0.15) is 5.52 Å². The molecule has 1 amide bonds. The van der Waals surface area contributed by atoms with Crippen molar-refractivity contribution in [3.05, 3.63) is 64.3 Å². The normalized spacial score (nSPS) is 17.5. The van der Waals surface area contributed by atoms with Crippen LogP contribution in [0, 0.1) is 0 Å². The maximum Gasteiger partial charge on any atom is 0.260 e. The molecule has 2 saturated heterocycles. The summed E-state index contributed by atoms with van der Waals surface area (Å²) in [7, 11) is 0. The standard InChI is InChI=1S/C25H25N5O4/c31-22-18-3-1-2-4-19(18)27-25(28-22)30-11-9-29(10-12-30)24(32)17-5-6-20-21(15-17)34-23(26-20)16-7-13-33-14-8-16/h1-6,15-16H,7-14H2,(H,27,28,31). The van der Waals surface area contributed by atoms with Crippen molar-refractivity contribution < 1.29 is 13.9 Å². The predicted octanol–water partition coefficient (Wildman–Crippen LogP) is 2.92. The van der Waals surface area contributed by atoms with E-state index < -0.39 is 0 Å². The summed E-state index contributed by atoms with van der Waals surface area (Å²) >= 11 is 0.